The third-order valence-corrected chi connectivity index (χ3v) is 4.93. The van der Waals surface area contributed by atoms with Crippen molar-refractivity contribution in [3.63, 3.8) is 0 Å². The second kappa shape index (κ2) is 8.48. The highest BCUT2D eigenvalue weighted by molar-refractivity contribution is 7.86. The lowest BCUT2D eigenvalue weighted by atomic mass is 9.90. The molecular weight excluding hydrogens is 398 g/mol. The first kappa shape index (κ1) is 21.5. The second-order valence-corrected chi connectivity index (χ2v) is 9.40. The van der Waals surface area contributed by atoms with Gasteiger partial charge in [-0.3, -0.25) is 8.37 Å². The maximum Gasteiger partial charge on any atom is 0.331 e. The Kier molecular flexibility index (Phi) is 6.76. The van der Waals surface area contributed by atoms with Crippen LogP contribution in [-0.2, 0) is 39.9 Å². The average Bonchev–Trinajstić information content (AvgIpc) is 2.53. The topological polar surface area (TPSA) is 136 Å². The number of benzene rings is 1. The van der Waals surface area contributed by atoms with E-state index < -0.39 is 44.5 Å². The number of rotatable bonds is 8. The first-order valence-corrected chi connectivity index (χ1v) is 11.6. The van der Waals surface area contributed by atoms with Crippen molar-refractivity contribution in [1.29, 1.82) is 0 Å². The summed E-state index contributed by atoms with van der Waals surface area (Å²) in [4.78, 5) is 11.4. The summed E-state index contributed by atoms with van der Waals surface area (Å²) in [6.07, 6.45) is 0.0841. The summed E-state index contributed by atoms with van der Waals surface area (Å²) in [6.45, 7) is 0.282. The fourth-order valence-electron chi connectivity index (χ4n) is 2.75. The number of hydrogen-bond acceptors (Lipinski definition) is 8. The van der Waals surface area contributed by atoms with Crippen molar-refractivity contribution in [2.45, 2.75) is 31.2 Å². The molecular formula is C16H21NO8S2. The van der Waals surface area contributed by atoms with Crippen LogP contribution < -0.4 is 5.32 Å². The van der Waals surface area contributed by atoms with E-state index in [0.29, 0.717) is 0 Å². The van der Waals surface area contributed by atoms with Gasteiger partial charge in [0.1, 0.15) is 12.2 Å². The van der Waals surface area contributed by atoms with Crippen LogP contribution in [0.15, 0.2) is 42.0 Å². The molecule has 27 heavy (non-hydrogen) atoms. The molecule has 3 atom stereocenters. The molecule has 0 unspecified atom stereocenters. The van der Waals surface area contributed by atoms with Crippen LogP contribution in [-0.4, -0.2) is 58.7 Å². The third-order valence-electron chi connectivity index (χ3n) is 3.77. The van der Waals surface area contributed by atoms with Crippen LogP contribution in [0.4, 0.5) is 0 Å². The Balaban J connectivity index is 2.35. The molecule has 0 heterocycles. The Hall–Kier alpha value is -1.79. The van der Waals surface area contributed by atoms with E-state index in [2.05, 4.69) is 5.32 Å². The van der Waals surface area contributed by atoms with E-state index in [1.54, 1.807) is 0 Å². The highest BCUT2D eigenvalue weighted by Gasteiger charge is 2.40. The summed E-state index contributed by atoms with van der Waals surface area (Å²) in [6, 6.07) is 8.22. The predicted molar refractivity (Wildman–Crippen MR) is 96.8 cm³/mol. The molecule has 0 saturated heterocycles. The zero-order chi connectivity index (χ0) is 20.2. The molecule has 0 aliphatic heterocycles. The van der Waals surface area contributed by atoms with Gasteiger partial charge in [0.25, 0.3) is 20.2 Å². The van der Waals surface area contributed by atoms with Crippen LogP contribution >= 0.6 is 0 Å². The number of carboxylic acid groups (broad SMARTS) is 1. The minimum absolute atomic E-state index is 0.0948. The van der Waals surface area contributed by atoms with Crippen LogP contribution in [0.1, 0.15) is 12.0 Å². The maximum atomic E-state index is 11.7. The molecule has 150 valence electrons. The van der Waals surface area contributed by atoms with E-state index in [1.165, 1.54) is 6.08 Å². The minimum atomic E-state index is -3.97. The fourth-order valence-corrected chi connectivity index (χ4v) is 4.02. The molecule has 0 bridgehead atoms. The average molecular weight is 419 g/mol. The molecule has 1 aliphatic carbocycles. The molecule has 0 fully saturated rings. The van der Waals surface area contributed by atoms with Gasteiger partial charge in [0.2, 0.25) is 0 Å². The molecule has 0 saturated carbocycles. The molecule has 0 amide bonds. The van der Waals surface area contributed by atoms with E-state index in [4.69, 9.17) is 8.37 Å². The molecule has 1 aliphatic rings. The van der Waals surface area contributed by atoms with E-state index in [0.717, 1.165) is 18.1 Å². The van der Waals surface area contributed by atoms with Gasteiger partial charge in [-0.05, 0) is 5.56 Å². The molecule has 9 nitrogen and oxygen atoms in total. The molecule has 1 aromatic rings. The molecule has 2 rings (SSSR count). The lowest BCUT2D eigenvalue weighted by Gasteiger charge is -2.35. The normalized spacial score (nSPS) is 23.6. The van der Waals surface area contributed by atoms with Gasteiger partial charge in [0.15, 0.2) is 0 Å². The SMILES string of the molecule is CS(=O)(=O)O[C@H]1[C@H](NCc2ccccc2)C=C(C(=O)O)C[C@H]1OS(C)(=O)=O. The van der Waals surface area contributed by atoms with Crippen LogP contribution in [0.2, 0.25) is 0 Å². The Bertz CT molecular complexity index is 909. The quantitative estimate of drug-likeness (QED) is 0.568. The Morgan fingerprint density at radius 3 is 2.22 bits per heavy atom. The summed E-state index contributed by atoms with van der Waals surface area (Å²) in [7, 11) is -7.93. The van der Waals surface area contributed by atoms with Crippen LogP contribution in [0.3, 0.4) is 0 Å². The van der Waals surface area contributed by atoms with Crippen molar-refractivity contribution >= 4 is 26.2 Å². The summed E-state index contributed by atoms with van der Waals surface area (Å²) >= 11 is 0. The summed E-state index contributed by atoms with van der Waals surface area (Å²) < 4.78 is 56.4. The summed E-state index contributed by atoms with van der Waals surface area (Å²) in [5, 5.41) is 12.3. The standard InChI is InChI=1S/C16H21NO8S2/c1-26(20,21)24-14-9-12(16(18)19)8-13(15(14)25-27(2,22)23)17-10-11-6-4-3-5-7-11/h3-8,13-15,17H,9-10H2,1-2H3,(H,18,19)/t13-,14-,15+/m1/s1. The number of nitrogens with one attached hydrogen (secondary N) is 1. The molecule has 11 heteroatoms. The van der Waals surface area contributed by atoms with Crippen molar-refractivity contribution in [1.82, 2.24) is 5.32 Å². The van der Waals surface area contributed by atoms with E-state index in [-0.39, 0.29) is 18.5 Å². The zero-order valence-corrected chi connectivity index (χ0v) is 16.4. The molecule has 2 N–H and O–H groups in total. The highest BCUT2D eigenvalue weighted by atomic mass is 32.2. The van der Waals surface area contributed by atoms with Crippen molar-refractivity contribution in [2.24, 2.45) is 0 Å². The molecule has 1 aromatic carbocycles. The lowest BCUT2D eigenvalue weighted by Crippen LogP contribution is -2.51. The monoisotopic (exact) mass is 419 g/mol. The number of aliphatic carboxylic acids is 1. The number of carboxylic acids is 1. The van der Waals surface area contributed by atoms with Gasteiger partial charge < -0.3 is 10.4 Å². The number of carbonyl (C=O) groups is 1. The minimum Gasteiger partial charge on any atom is -0.478 e. The van der Waals surface area contributed by atoms with Crippen molar-refractivity contribution in [3.8, 4) is 0 Å². The fraction of sp³-hybridized carbons (Fsp3) is 0.438. The van der Waals surface area contributed by atoms with Gasteiger partial charge >= 0.3 is 5.97 Å². The summed E-state index contributed by atoms with van der Waals surface area (Å²) in [5.41, 5.74) is 0.773. The first-order valence-electron chi connectivity index (χ1n) is 7.92. The summed E-state index contributed by atoms with van der Waals surface area (Å²) in [5.74, 6) is -1.25. The smallest absolute Gasteiger partial charge is 0.331 e. The van der Waals surface area contributed by atoms with Gasteiger partial charge in [0, 0.05) is 18.5 Å². The molecule has 0 spiro atoms. The Morgan fingerprint density at radius 1 is 1.11 bits per heavy atom. The van der Waals surface area contributed by atoms with Crippen LogP contribution in [0.5, 0.6) is 0 Å². The Morgan fingerprint density at radius 2 is 1.70 bits per heavy atom. The first-order chi connectivity index (χ1) is 12.4. The molecule has 0 radical (unpaired) electrons. The van der Waals surface area contributed by atoms with Crippen molar-refractivity contribution < 1.29 is 35.1 Å². The van der Waals surface area contributed by atoms with Gasteiger partial charge in [0.05, 0.1) is 18.6 Å². The van der Waals surface area contributed by atoms with Crippen LogP contribution in [0, 0.1) is 0 Å². The maximum absolute atomic E-state index is 11.7. The Labute approximate surface area is 158 Å². The van der Waals surface area contributed by atoms with Gasteiger partial charge in [-0.1, -0.05) is 36.4 Å². The van der Waals surface area contributed by atoms with Gasteiger partial charge in [-0.2, -0.15) is 16.8 Å². The zero-order valence-electron chi connectivity index (χ0n) is 14.7. The third kappa shape index (κ3) is 7.03. The second-order valence-electron chi connectivity index (χ2n) is 6.20. The van der Waals surface area contributed by atoms with Crippen molar-refractivity contribution in [2.75, 3.05) is 12.5 Å². The number of hydrogen-bond donors (Lipinski definition) is 2. The van der Waals surface area contributed by atoms with Crippen molar-refractivity contribution in [3.05, 3.63) is 47.5 Å². The van der Waals surface area contributed by atoms with Crippen LogP contribution in [0.25, 0.3) is 0 Å². The van der Waals surface area contributed by atoms with E-state index in [1.807, 2.05) is 30.3 Å². The predicted octanol–water partition coefficient (Wildman–Crippen LogP) is 0.249. The highest BCUT2D eigenvalue weighted by Crippen LogP contribution is 2.27. The van der Waals surface area contributed by atoms with Gasteiger partial charge in [-0.25, -0.2) is 4.79 Å². The van der Waals surface area contributed by atoms with E-state index >= 15 is 0 Å². The van der Waals surface area contributed by atoms with E-state index in [9.17, 15) is 26.7 Å². The molecule has 0 aromatic heterocycles. The van der Waals surface area contributed by atoms with Gasteiger partial charge in [-0.15, -0.1) is 0 Å². The largest absolute Gasteiger partial charge is 0.478 e. The lowest BCUT2D eigenvalue weighted by molar-refractivity contribution is -0.133.